The maximum atomic E-state index is 13.3. The lowest BCUT2D eigenvalue weighted by Gasteiger charge is -2.25. The van der Waals surface area contributed by atoms with E-state index in [0.717, 1.165) is 16.5 Å². The Morgan fingerprint density at radius 3 is 2.44 bits per heavy atom. The first-order valence-electron chi connectivity index (χ1n) is 12.1. The number of aromatic amines is 1. The molecule has 1 aliphatic rings. The molecule has 1 aliphatic heterocycles. The number of likely N-dealkylation sites (tertiary alicyclic amines) is 1. The summed E-state index contributed by atoms with van der Waals surface area (Å²) in [6, 6.07) is 16.8. The largest absolute Gasteiger partial charge is 0.507 e. The number of ether oxygens (including phenoxy) is 2. The van der Waals surface area contributed by atoms with Crippen LogP contribution in [0.5, 0.6) is 11.5 Å². The number of nitrogens with one attached hydrogen (secondary N) is 1. The number of nitro groups is 1. The number of carbonyl (C=O) groups excluding carboxylic acids is 2. The van der Waals surface area contributed by atoms with Crippen LogP contribution in [-0.2, 0) is 16.0 Å². The zero-order valence-electron chi connectivity index (χ0n) is 21.2. The number of benzene rings is 3. The summed E-state index contributed by atoms with van der Waals surface area (Å²) < 4.78 is 10.6. The van der Waals surface area contributed by atoms with Crippen LogP contribution in [0.25, 0.3) is 16.7 Å². The van der Waals surface area contributed by atoms with E-state index in [0.29, 0.717) is 29.0 Å². The molecule has 2 N–H and O–H groups in total. The molecule has 4 aromatic rings. The number of rotatable bonds is 8. The van der Waals surface area contributed by atoms with E-state index in [2.05, 4.69) is 4.98 Å². The minimum Gasteiger partial charge on any atom is -0.507 e. The van der Waals surface area contributed by atoms with Gasteiger partial charge in [-0.15, -0.1) is 0 Å². The molecule has 2 heterocycles. The summed E-state index contributed by atoms with van der Waals surface area (Å²) in [4.78, 5) is 42.0. The van der Waals surface area contributed by atoms with E-state index < -0.39 is 22.7 Å². The molecule has 1 saturated heterocycles. The molecule has 0 radical (unpaired) electrons. The molecule has 0 unspecified atom stereocenters. The zero-order chi connectivity index (χ0) is 27.7. The second-order valence-corrected chi connectivity index (χ2v) is 9.05. The highest BCUT2D eigenvalue weighted by molar-refractivity contribution is 6.46. The number of amides is 1. The summed E-state index contributed by atoms with van der Waals surface area (Å²) in [7, 11) is 3.06. The number of ketones is 1. The topological polar surface area (TPSA) is 135 Å². The Morgan fingerprint density at radius 2 is 1.74 bits per heavy atom. The molecule has 0 spiro atoms. The number of H-pyrrole nitrogens is 1. The van der Waals surface area contributed by atoms with Gasteiger partial charge in [0.05, 0.1) is 30.8 Å². The van der Waals surface area contributed by atoms with Gasteiger partial charge in [-0.05, 0) is 60.0 Å². The molecular weight excluding hydrogens is 502 g/mol. The van der Waals surface area contributed by atoms with Crippen LogP contribution in [0.4, 0.5) is 5.69 Å². The Kier molecular flexibility index (Phi) is 6.76. The van der Waals surface area contributed by atoms with Crippen LogP contribution in [0, 0.1) is 10.1 Å². The number of nitrogens with zero attached hydrogens (tertiary/aromatic N) is 2. The number of non-ortho nitro benzene ring substituents is 1. The van der Waals surface area contributed by atoms with E-state index >= 15 is 0 Å². The molecule has 1 amide bonds. The van der Waals surface area contributed by atoms with Crippen molar-refractivity contribution in [3.05, 3.63) is 105 Å². The number of aliphatic hydroxyl groups excluding tert-OH is 1. The van der Waals surface area contributed by atoms with Crippen molar-refractivity contribution in [3.63, 3.8) is 0 Å². The number of aliphatic hydroxyl groups is 1. The summed E-state index contributed by atoms with van der Waals surface area (Å²) >= 11 is 0. The highest BCUT2D eigenvalue weighted by Crippen LogP contribution is 2.40. The molecule has 10 nitrogen and oxygen atoms in total. The van der Waals surface area contributed by atoms with Gasteiger partial charge < -0.3 is 24.5 Å². The van der Waals surface area contributed by atoms with Gasteiger partial charge in [-0.3, -0.25) is 19.7 Å². The van der Waals surface area contributed by atoms with Crippen LogP contribution in [0.3, 0.4) is 0 Å². The van der Waals surface area contributed by atoms with Gasteiger partial charge in [-0.25, -0.2) is 0 Å². The number of methoxy groups -OCH3 is 2. The van der Waals surface area contributed by atoms with Crippen molar-refractivity contribution in [1.82, 2.24) is 9.88 Å². The van der Waals surface area contributed by atoms with Gasteiger partial charge in [-0.1, -0.05) is 12.1 Å². The number of fused-ring (bicyclic) bond motifs is 1. The lowest BCUT2D eigenvalue weighted by atomic mass is 9.95. The second-order valence-electron chi connectivity index (χ2n) is 9.05. The van der Waals surface area contributed by atoms with Gasteiger partial charge in [0.1, 0.15) is 17.3 Å². The summed E-state index contributed by atoms with van der Waals surface area (Å²) in [5.41, 5.74) is 2.37. The van der Waals surface area contributed by atoms with Crippen LogP contribution < -0.4 is 9.47 Å². The molecule has 10 heteroatoms. The number of nitro benzene ring substituents is 1. The first-order chi connectivity index (χ1) is 18.8. The predicted octanol–water partition coefficient (Wildman–Crippen LogP) is 4.76. The average Bonchev–Trinajstić information content (AvgIpc) is 3.48. The van der Waals surface area contributed by atoms with Gasteiger partial charge in [0.15, 0.2) is 0 Å². The number of carbonyl (C=O) groups is 2. The van der Waals surface area contributed by atoms with Crippen molar-refractivity contribution in [2.75, 3.05) is 20.8 Å². The molecule has 0 saturated carbocycles. The van der Waals surface area contributed by atoms with Gasteiger partial charge >= 0.3 is 0 Å². The molecule has 5 rings (SSSR count). The number of Topliss-reactive ketones (excluding diaryl/α,β-unsaturated/α-hetero) is 1. The Morgan fingerprint density at radius 1 is 1.03 bits per heavy atom. The van der Waals surface area contributed by atoms with Crippen molar-refractivity contribution in [2.45, 2.75) is 12.5 Å². The lowest BCUT2D eigenvalue weighted by molar-refractivity contribution is -0.384. The molecule has 1 fully saturated rings. The quantitative estimate of drug-likeness (QED) is 0.111. The van der Waals surface area contributed by atoms with Crippen molar-refractivity contribution >= 4 is 34.0 Å². The molecule has 0 aliphatic carbocycles. The van der Waals surface area contributed by atoms with Gasteiger partial charge in [0.2, 0.25) is 0 Å². The monoisotopic (exact) mass is 527 g/mol. The van der Waals surface area contributed by atoms with E-state index in [1.165, 1.54) is 36.3 Å². The van der Waals surface area contributed by atoms with Crippen LogP contribution in [0.2, 0.25) is 0 Å². The Labute approximate surface area is 223 Å². The third kappa shape index (κ3) is 4.68. The Balaban J connectivity index is 1.57. The normalized spacial score (nSPS) is 16.6. The summed E-state index contributed by atoms with van der Waals surface area (Å²) in [5, 5.41) is 23.4. The fourth-order valence-electron chi connectivity index (χ4n) is 4.89. The van der Waals surface area contributed by atoms with E-state index in [9.17, 15) is 24.8 Å². The minimum atomic E-state index is -0.947. The first-order valence-corrected chi connectivity index (χ1v) is 12.1. The molecule has 39 heavy (non-hydrogen) atoms. The van der Waals surface area contributed by atoms with Gasteiger partial charge in [-0.2, -0.15) is 0 Å². The Hall–Kier alpha value is -5.12. The summed E-state index contributed by atoms with van der Waals surface area (Å²) in [5.74, 6) is -0.794. The standard InChI is InChI=1S/C29H25N3O7/c1-38-21-5-3-4-18(14-21)27(33)25-26(17-6-8-20(9-7-17)32(36)37)31(29(35)28(25)34)13-12-19-16-30-24-11-10-22(39-2)15-23(19)24/h3-11,14-16,26,30,33H,12-13H2,1-2H3/t26-/m1/s1. The maximum Gasteiger partial charge on any atom is 0.295 e. The number of aromatic nitrogens is 1. The van der Waals surface area contributed by atoms with E-state index in [4.69, 9.17) is 9.47 Å². The third-order valence-corrected chi connectivity index (χ3v) is 6.90. The first kappa shape index (κ1) is 25.5. The van der Waals surface area contributed by atoms with Crippen molar-refractivity contribution < 1.29 is 29.1 Å². The molecule has 198 valence electrons. The predicted molar refractivity (Wildman–Crippen MR) is 144 cm³/mol. The second kappa shape index (κ2) is 10.3. The number of hydrogen-bond donors (Lipinski definition) is 2. The fraction of sp³-hybridized carbons (Fsp3) is 0.172. The van der Waals surface area contributed by atoms with Crippen molar-refractivity contribution in [1.29, 1.82) is 0 Å². The highest BCUT2D eigenvalue weighted by atomic mass is 16.6. The smallest absolute Gasteiger partial charge is 0.295 e. The van der Waals surface area contributed by atoms with Gasteiger partial charge in [0.25, 0.3) is 17.4 Å². The average molecular weight is 528 g/mol. The summed E-state index contributed by atoms with van der Waals surface area (Å²) in [6.07, 6.45) is 2.25. The van der Waals surface area contributed by atoms with Crippen molar-refractivity contribution in [3.8, 4) is 11.5 Å². The molecule has 1 aromatic heterocycles. The van der Waals surface area contributed by atoms with Crippen LogP contribution in [-0.4, -0.2) is 52.4 Å². The van der Waals surface area contributed by atoms with Gasteiger partial charge in [0, 0.05) is 41.3 Å². The molecular formula is C29H25N3O7. The van der Waals surface area contributed by atoms with Crippen LogP contribution in [0.15, 0.2) is 78.5 Å². The lowest BCUT2D eigenvalue weighted by Crippen LogP contribution is -2.31. The maximum absolute atomic E-state index is 13.3. The van der Waals surface area contributed by atoms with Crippen LogP contribution in [0.1, 0.15) is 22.7 Å². The van der Waals surface area contributed by atoms with Crippen LogP contribution >= 0.6 is 0 Å². The minimum absolute atomic E-state index is 0.0947. The number of hydrogen-bond acceptors (Lipinski definition) is 7. The van der Waals surface area contributed by atoms with Crippen molar-refractivity contribution in [2.24, 2.45) is 0 Å². The fourth-order valence-corrected chi connectivity index (χ4v) is 4.89. The molecule has 0 bridgehead atoms. The molecule has 3 aromatic carbocycles. The zero-order valence-corrected chi connectivity index (χ0v) is 21.2. The highest BCUT2D eigenvalue weighted by Gasteiger charge is 2.46. The van der Waals surface area contributed by atoms with E-state index in [1.807, 2.05) is 24.4 Å². The SMILES string of the molecule is COc1cccc(C(O)=C2C(=O)C(=O)N(CCc3c[nH]c4ccc(OC)cc34)[C@@H]2c2ccc([N+](=O)[O-])cc2)c1. The van der Waals surface area contributed by atoms with E-state index in [-0.39, 0.29) is 23.6 Å². The van der Waals surface area contributed by atoms with E-state index in [1.54, 1.807) is 31.4 Å². The summed E-state index contributed by atoms with van der Waals surface area (Å²) in [6.45, 7) is 0.158. The Bertz CT molecular complexity index is 1620. The third-order valence-electron chi connectivity index (χ3n) is 6.90. The molecule has 1 atom stereocenters.